The molecule has 0 aliphatic carbocycles. The van der Waals surface area contributed by atoms with Crippen LogP contribution in [0.4, 0.5) is 11.5 Å². The van der Waals surface area contributed by atoms with E-state index in [2.05, 4.69) is 26.2 Å². The molecule has 1 aromatic heterocycles. The van der Waals surface area contributed by atoms with Crippen LogP contribution >= 0.6 is 27.5 Å². The SMILES string of the molecule is COc1ccc(Br)cc1Nc1nccc(C#N)c1Cl. The molecule has 0 fully saturated rings. The van der Waals surface area contributed by atoms with Gasteiger partial charge in [0.1, 0.15) is 16.8 Å². The van der Waals surface area contributed by atoms with Gasteiger partial charge in [0, 0.05) is 10.7 Å². The number of hydrogen-bond donors (Lipinski definition) is 1. The summed E-state index contributed by atoms with van der Waals surface area (Å²) >= 11 is 9.48. The molecule has 1 aromatic carbocycles. The lowest BCUT2D eigenvalue weighted by Crippen LogP contribution is -1.98. The molecule has 2 rings (SSSR count). The van der Waals surface area contributed by atoms with Gasteiger partial charge < -0.3 is 10.1 Å². The molecular weight excluding hydrogens is 330 g/mol. The highest BCUT2D eigenvalue weighted by Gasteiger charge is 2.10. The third-order valence-electron chi connectivity index (χ3n) is 2.42. The summed E-state index contributed by atoms with van der Waals surface area (Å²) in [6.45, 7) is 0. The molecule has 1 heterocycles. The maximum absolute atomic E-state index is 8.93. The second-order valence-corrected chi connectivity index (χ2v) is 4.90. The number of halogens is 2. The van der Waals surface area contributed by atoms with E-state index in [0.29, 0.717) is 22.8 Å². The van der Waals surface area contributed by atoms with Crippen LogP contribution in [0.5, 0.6) is 5.75 Å². The lowest BCUT2D eigenvalue weighted by Gasteiger charge is -2.12. The van der Waals surface area contributed by atoms with Crippen LogP contribution < -0.4 is 10.1 Å². The van der Waals surface area contributed by atoms with Crippen LogP contribution in [0.1, 0.15) is 5.56 Å². The maximum atomic E-state index is 8.93. The van der Waals surface area contributed by atoms with E-state index in [9.17, 15) is 0 Å². The Morgan fingerprint density at radius 2 is 2.21 bits per heavy atom. The number of pyridine rings is 1. The summed E-state index contributed by atoms with van der Waals surface area (Å²) in [5, 5.41) is 12.3. The monoisotopic (exact) mass is 337 g/mol. The Hall–Kier alpha value is -1.77. The van der Waals surface area contributed by atoms with Crippen molar-refractivity contribution >= 4 is 39.0 Å². The molecule has 0 spiro atoms. The third kappa shape index (κ3) is 2.98. The van der Waals surface area contributed by atoms with Gasteiger partial charge in [0.25, 0.3) is 0 Å². The van der Waals surface area contributed by atoms with E-state index in [-0.39, 0.29) is 5.02 Å². The number of nitrogens with one attached hydrogen (secondary N) is 1. The van der Waals surface area contributed by atoms with Gasteiger partial charge in [-0.15, -0.1) is 0 Å². The van der Waals surface area contributed by atoms with Crippen LogP contribution in [-0.2, 0) is 0 Å². The molecule has 0 unspecified atom stereocenters. The molecule has 0 atom stereocenters. The molecule has 0 aliphatic rings. The predicted molar refractivity (Wildman–Crippen MR) is 77.9 cm³/mol. The molecule has 2 aromatic rings. The van der Waals surface area contributed by atoms with Crippen molar-refractivity contribution in [2.24, 2.45) is 0 Å². The van der Waals surface area contributed by atoms with E-state index < -0.39 is 0 Å². The van der Waals surface area contributed by atoms with Crippen molar-refractivity contribution < 1.29 is 4.74 Å². The van der Waals surface area contributed by atoms with Crippen LogP contribution in [0.25, 0.3) is 0 Å². The zero-order valence-corrected chi connectivity index (χ0v) is 12.3. The van der Waals surface area contributed by atoms with Crippen molar-refractivity contribution in [3.63, 3.8) is 0 Å². The van der Waals surface area contributed by atoms with Gasteiger partial charge in [-0.05, 0) is 24.3 Å². The Bertz CT molecular complexity index is 655. The van der Waals surface area contributed by atoms with Gasteiger partial charge in [0.2, 0.25) is 0 Å². The number of aromatic nitrogens is 1. The van der Waals surface area contributed by atoms with E-state index in [1.165, 1.54) is 6.20 Å². The predicted octanol–water partition coefficient (Wildman–Crippen LogP) is 4.12. The second kappa shape index (κ2) is 5.91. The zero-order valence-electron chi connectivity index (χ0n) is 9.95. The summed E-state index contributed by atoms with van der Waals surface area (Å²) in [5.41, 5.74) is 1.08. The molecule has 0 saturated carbocycles. The van der Waals surface area contributed by atoms with Crippen LogP contribution in [0.3, 0.4) is 0 Å². The lowest BCUT2D eigenvalue weighted by atomic mass is 10.2. The number of rotatable bonds is 3. The molecule has 0 radical (unpaired) electrons. The summed E-state index contributed by atoms with van der Waals surface area (Å²) in [6, 6.07) is 9.09. The second-order valence-electron chi connectivity index (χ2n) is 3.60. The average Bonchev–Trinajstić information content (AvgIpc) is 2.41. The highest BCUT2D eigenvalue weighted by atomic mass is 79.9. The highest BCUT2D eigenvalue weighted by molar-refractivity contribution is 9.10. The quantitative estimate of drug-likeness (QED) is 0.914. The fraction of sp³-hybridized carbons (Fsp3) is 0.0769. The molecule has 0 saturated heterocycles. The molecule has 0 amide bonds. The van der Waals surface area contributed by atoms with Crippen molar-refractivity contribution in [3.8, 4) is 11.8 Å². The first-order chi connectivity index (χ1) is 9.15. The minimum atomic E-state index is 0.284. The molecular formula is C13H9BrClN3O. The lowest BCUT2D eigenvalue weighted by molar-refractivity contribution is 0.416. The van der Waals surface area contributed by atoms with Crippen molar-refractivity contribution in [2.75, 3.05) is 12.4 Å². The van der Waals surface area contributed by atoms with Gasteiger partial charge in [-0.1, -0.05) is 27.5 Å². The van der Waals surface area contributed by atoms with Gasteiger partial charge in [0.15, 0.2) is 5.82 Å². The van der Waals surface area contributed by atoms with E-state index in [0.717, 1.165) is 4.47 Å². The Kier molecular flexibility index (Phi) is 4.25. The van der Waals surface area contributed by atoms with E-state index in [4.69, 9.17) is 21.6 Å². The van der Waals surface area contributed by atoms with Crippen molar-refractivity contribution in [1.29, 1.82) is 5.26 Å². The summed E-state index contributed by atoms with van der Waals surface area (Å²) in [7, 11) is 1.58. The number of hydrogen-bond acceptors (Lipinski definition) is 4. The van der Waals surface area contributed by atoms with Gasteiger partial charge in [-0.25, -0.2) is 4.98 Å². The maximum Gasteiger partial charge on any atom is 0.150 e. The minimum absolute atomic E-state index is 0.284. The van der Waals surface area contributed by atoms with Gasteiger partial charge >= 0.3 is 0 Å². The Morgan fingerprint density at radius 3 is 2.89 bits per heavy atom. The molecule has 19 heavy (non-hydrogen) atoms. The standard InChI is InChI=1S/C13H9BrClN3O/c1-19-11-3-2-9(14)6-10(11)18-13-12(15)8(7-16)4-5-17-13/h2-6H,1H3,(H,17,18). The van der Waals surface area contributed by atoms with Crippen molar-refractivity contribution in [3.05, 3.63) is 45.5 Å². The van der Waals surface area contributed by atoms with E-state index >= 15 is 0 Å². The van der Waals surface area contributed by atoms with Crippen LogP contribution in [0.2, 0.25) is 5.02 Å². The van der Waals surface area contributed by atoms with Crippen molar-refractivity contribution in [2.45, 2.75) is 0 Å². The third-order valence-corrected chi connectivity index (χ3v) is 3.30. The summed E-state index contributed by atoms with van der Waals surface area (Å²) in [5.74, 6) is 1.07. The molecule has 0 bridgehead atoms. The number of benzene rings is 1. The van der Waals surface area contributed by atoms with E-state index in [1.807, 2.05) is 24.3 Å². The molecule has 0 aliphatic heterocycles. The first-order valence-electron chi connectivity index (χ1n) is 5.31. The Labute approximate surface area is 124 Å². The van der Waals surface area contributed by atoms with E-state index in [1.54, 1.807) is 13.2 Å². The number of nitriles is 1. The van der Waals surface area contributed by atoms with Crippen LogP contribution in [0, 0.1) is 11.3 Å². The minimum Gasteiger partial charge on any atom is -0.495 e. The van der Waals surface area contributed by atoms with Crippen LogP contribution in [0.15, 0.2) is 34.9 Å². The molecule has 4 nitrogen and oxygen atoms in total. The van der Waals surface area contributed by atoms with Crippen molar-refractivity contribution in [1.82, 2.24) is 4.98 Å². The summed E-state index contributed by atoms with van der Waals surface area (Å²) < 4.78 is 6.14. The zero-order chi connectivity index (χ0) is 13.8. The number of anilines is 2. The smallest absolute Gasteiger partial charge is 0.150 e. The normalized spacial score (nSPS) is 9.79. The summed E-state index contributed by atoms with van der Waals surface area (Å²) in [6.07, 6.45) is 1.53. The topological polar surface area (TPSA) is 57.9 Å². The molecule has 6 heteroatoms. The summed E-state index contributed by atoms with van der Waals surface area (Å²) in [4.78, 5) is 4.12. The number of nitrogens with zero attached hydrogens (tertiary/aromatic N) is 2. The van der Waals surface area contributed by atoms with Gasteiger partial charge in [-0.2, -0.15) is 5.26 Å². The molecule has 96 valence electrons. The van der Waals surface area contributed by atoms with Gasteiger partial charge in [-0.3, -0.25) is 0 Å². The highest BCUT2D eigenvalue weighted by Crippen LogP contribution is 2.33. The van der Waals surface area contributed by atoms with Crippen LogP contribution in [-0.4, -0.2) is 12.1 Å². The first-order valence-corrected chi connectivity index (χ1v) is 6.48. The fourth-order valence-corrected chi connectivity index (χ4v) is 2.09. The first kappa shape index (κ1) is 13.7. The number of ether oxygens (including phenoxy) is 1. The largest absolute Gasteiger partial charge is 0.495 e. The average molecular weight is 339 g/mol. The Morgan fingerprint density at radius 1 is 1.42 bits per heavy atom. The Balaban J connectivity index is 2.42. The van der Waals surface area contributed by atoms with Gasteiger partial charge in [0.05, 0.1) is 18.4 Å². The fourth-order valence-electron chi connectivity index (χ4n) is 1.52. The molecule has 1 N–H and O–H groups in total. The number of methoxy groups -OCH3 is 1.